The maximum absolute atomic E-state index is 12.5. The van der Waals surface area contributed by atoms with E-state index in [1.807, 2.05) is 6.92 Å². The van der Waals surface area contributed by atoms with Crippen LogP contribution in [0.4, 0.5) is 0 Å². The van der Waals surface area contributed by atoms with Gasteiger partial charge in [0.1, 0.15) is 0 Å². The monoisotopic (exact) mass is 303 g/mol. The smallest absolute Gasteiger partial charge is 0.243 e. The minimum absolute atomic E-state index is 0.192. The van der Waals surface area contributed by atoms with E-state index in [4.69, 9.17) is 16.7 Å². The summed E-state index contributed by atoms with van der Waals surface area (Å²) >= 11 is 5.96. The number of benzene rings is 1. The first kappa shape index (κ1) is 14.8. The summed E-state index contributed by atoms with van der Waals surface area (Å²) in [4.78, 5) is 0.192. The number of aliphatic hydroxyl groups excluding tert-OH is 1. The fraction of sp³-hybridized carbons (Fsp3) is 0.538. The molecule has 0 amide bonds. The SMILES string of the molecule is CCN(CC1CC1)S(=O)(=O)c1ccc(CO)c(Cl)c1. The zero-order chi connectivity index (χ0) is 14.0. The lowest BCUT2D eigenvalue weighted by Gasteiger charge is -2.20. The molecule has 0 aromatic heterocycles. The van der Waals surface area contributed by atoms with E-state index in [1.165, 1.54) is 16.4 Å². The number of rotatable bonds is 6. The molecule has 0 heterocycles. The average Bonchev–Trinajstić information content (AvgIpc) is 3.19. The number of sulfonamides is 1. The molecule has 0 atom stereocenters. The van der Waals surface area contributed by atoms with Crippen molar-refractivity contribution in [3.63, 3.8) is 0 Å². The minimum Gasteiger partial charge on any atom is -0.392 e. The van der Waals surface area contributed by atoms with E-state index >= 15 is 0 Å². The van der Waals surface area contributed by atoms with E-state index < -0.39 is 10.0 Å². The van der Waals surface area contributed by atoms with Crippen molar-refractivity contribution in [3.05, 3.63) is 28.8 Å². The molecule has 106 valence electrons. The highest BCUT2D eigenvalue weighted by Crippen LogP contribution is 2.32. The van der Waals surface area contributed by atoms with Gasteiger partial charge < -0.3 is 5.11 Å². The van der Waals surface area contributed by atoms with E-state index in [0.29, 0.717) is 24.6 Å². The largest absolute Gasteiger partial charge is 0.392 e. The van der Waals surface area contributed by atoms with Crippen molar-refractivity contribution in [1.82, 2.24) is 4.31 Å². The lowest BCUT2D eigenvalue weighted by atomic mass is 10.2. The summed E-state index contributed by atoms with van der Waals surface area (Å²) in [6, 6.07) is 4.47. The Morgan fingerprint density at radius 2 is 2.11 bits per heavy atom. The Labute approximate surface area is 119 Å². The van der Waals surface area contributed by atoms with Crippen LogP contribution >= 0.6 is 11.6 Å². The molecule has 0 bridgehead atoms. The summed E-state index contributed by atoms with van der Waals surface area (Å²) < 4.78 is 26.5. The summed E-state index contributed by atoms with van der Waals surface area (Å²) in [7, 11) is -3.49. The van der Waals surface area contributed by atoms with E-state index in [2.05, 4.69) is 0 Å². The zero-order valence-electron chi connectivity index (χ0n) is 10.8. The van der Waals surface area contributed by atoms with Crippen LogP contribution < -0.4 is 0 Å². The van der Waals surface area contributed by atoms with Gasteiger partial charge in [0.25, 0.3) is 0 Å². The standard InChI is InChI=1S/C13H18ClNO3S/c1-2-15(8-10-3-4-10)19(17,18)12-6-5-11(9-16)13(14)7-12/h5-7,10,16H,2-4,8-9H2,1H3. The Morgan fingerprint density at radius 3 is 2.58 bits per heavy atom. The molecule has 4 nitrogen and oxygen atoms in total. The summed E-state index contributed by atoms with van der Waals surface area (Å²) in [6.45, 7) is 2.68. The number of aliphatic hydroxyl groups is 1. The lowest BCUT2D eigenvalue weighted by molar-refractivity contribution is 0.282. The molecule has 2 rings (SSSR count). The van der Waals surface area contributed by atoms with Crippen LogP contribution in [0.15, 0.2) is 23.1 Å². The van der Waals surface area contributed by atoms with Crippen molar-refractivity contribution in [2.24, 2.45) is 5.92 Å². The normalized spacial score (nSPS) is 16.0. The highest BCUT2D eigenvalue weighted by atomic mass is 35.5. The molecule has 0 radical (unpaired) electrons. The second kappa shape index (κ2) is 5.79. The van der Waals surface area contributed by atoms with E-state index in [9.17, 15) is 8.42 Å². The maximum atomic E-state index is 12.5. The molecule has 0 spiro atoms. The number of nitrogens with zero attached hydrogens (tertiary/aromatic N) is 1. The van der Waals surface area contributed by atoms with Crippen LogP contribution in [0.25, 0.3) is 0 Å². The third-order valence-electron chi connectivity index (χ3n) is 3.34. The molecule has 0 aliphatic heterocycles. The Morgan fingerprint density at radius 1 is 1.42 bits per heavy atom. The van der Waals surface area contributed by atoms with Crippen molar-refractivity contribution in [1.29, 1.82) is 0 Å². The Balaban J connectivity index is 2.28. The maximum Gasteiger partial charge on any atom is 0.243 e. The first-order chi connectivity index (χ1) is 8.98. The van der Waals surface area contributed by atoms with Gasteiger partial charge in [0, 0.05) is 18.1 Å². The average molecular weight is 304 g/mol. The number of hydrogen-bond donors (Lipinski definition) is 1. The molecule has 1 saturated carbocycles. The van der Waals surface area contributed by atoms with Crippen LogP contribution in [0, 0.1) is 5.92 Å². The summed E-state index contributed by atoms with van der Waals surface area (Å²) in [5.74, 6) is 0.502. The van der Waals surface area contributed by atoms with Crippen LogP contribution in [0.5, 0.6) is 0 Å². The highest BCUT2D eigenvalue weighted by molar-refractivity contribution is 7.89. The zero-order valence-corrected chi connectivity index (χ0v) is 12.4. The topological polar surface area (TPSA) is 57.6 Å². The molecule has 19 heavy (non-hydrogen) atoms. The van der Waals surface area contributed by atoms with Gasteiger partial charge in [0.15, 0.2) is 0 Å². The van der Waals surface area contributed by atoms with E-state index in [1.54, 1.807) is 6.07 Å². The van der Waals surface area contributed by atoms with Crippen molar-refractivity contribution in [2.45, 2.75) is 31.3 Å². The van der Waals surface area contributed by atoms with Gasteiger partial charge in [0.05, 0.1) is 11.5 Å². The van der Waals surface area contributed by atoms with Gasteiger partial charge in [-0.2, -0.15) is 4.31 Å². The number of halogens is 1. The Bertz CT molecular complexity index is 555. The Hall–Kier alpha value is -0.620. The van der Waals surface area contributed by atoms with Gasteiger partial charge in [-0.05, 0) is 36.5 Å². The van der Waals surface area contributed by atoms with Gasteiger partial charge in [-0.25, -0.2) is 8.42 Å². The van der Waals surface area contributed by atoms with Crippen molar-refractivity contribution in [3.8, 4) is 0 Å². The van der Waals surface area contributed by atoms with E-state index in [-0.39, 0.29) is 16.5 Å². The molecule has 6 heteroatoms. The predicted molar refractivity (Wildman–Crippen MR) is 74.5 cm³/mol. The van der Waals surface area contributed by atoms with Gasteiger partial charge in [0.2, 0.25) is 10.0 Å². The van der Waals surface area contributed by atoms with Crippen LogP contribution in [-0.4, -0.2) is 30.9 Å². The first-order valence-electron chi connectivity index (χ1n) is 6.38. The molecule has 1 aliphatic rings. The van der Waals surface area contributed by atoms with Gasteiger partial charge >= 0.3 is 0 Å². The van der Waals surface area contributed by atoms with Crippen LogP contribution in [0.1, 0.15) is 25.3 Å². The van der Waals surface area contributed by atoms with Crippen LogP contribution in [-0.2, 0) is 16.6 Å². The molecule has 1 fully saturated rings. The molecule has 1 N–H and O–H groups in total. The fourth-order valence-corrected chi connectivity index (χ4v) is 3.81. The molecule has 1 aromatic carbocycles. The number of hydrogen-bond acceptors (Lipinski definition) is 3. The lowest BCUT2D eigenvalue weighted by Crippen LogP contribution is -2.32. The van der Waals surface area contributed by atoms with Gasteiger partial charge in [-0.3, -0.25) is 0 Å². The first-order valence-corrected chi connectivity index (χ1v) is 8.20. The molecular weight excluding hydrogens is 286 g/mol. The predicted octanol–water partition coefficient (Wildman–Crippen LogP) is 2.25. The third kappa shape index (κ3) is 3.28. The molecule has 0 saturated heterocycles. The minimum atomic E-state index is -3.49. The summed E-state index contributed by atoms with van der Waals surface area (Å²) in [5.41, 5.74) is 0.533. The fourth-order valence-electron chi connectivity index (χ4n) is 1.95. The third-order valence-corrected chi connectivity index (χ3v) is 5.63. The van der Waals surface area contributed by atoms with Crippen molar-refractivity contribution < 1.29 is 13.5 Å². The van der Waals surface area contributed by atoms with Gasteiger partial charge in [-0.15, -0.1) is 0 Å². The second-order valence-electron chi connectivity index (χ2n) is 4.81. The molecule has 0 unspecified atom stereocenters. The molecular formula is C13H18ClNO3S. The van der Waals surface area contributed by atoms with Gasteiger partial charge in [-0.1, -0.05) is 24.6 Å². The summed E-state index contributed by atoms with van der Waals surface area (Å²) in [6.07, 6.45) is 2.21. The second-order valence-corrected chi connectivity index (χ2v) is 7.16. The van der Waals surface area contributed by atoms with E-state index in [0.717, 1.165) is 12.8 Å². The van der Waals surface area contributed by atoms with Crippen LogP contribution in [0.3, 0.4) is 0 Å². The Kier molecular flexibility index (Phi) is 4.50. The molecule has 1 aliphatic carbocycles. The highest BCUT2D eigenvalue weighted by Gasteiger charge is 2.30. The summed E-state index contributed by atoms with van der Waals surface area (Å²) in [5, 5.41) is 9.33. The van der Waals surface area contributed by atoms with Crippen LogP contribution in [0.2, 0.25) is 5.02 Å². The molecule has 1 aromatic rings. The van der Waals surface area contributed by atoms with Crippen molar-refractivity contribution in [2.75, 3.05) is 13.1 Å². The van der Waals surface area contributed by atoms with Crippen molar-refractivity contribution >= 4 is 21.6 Å². The quantitative estimate of drug-likeness (QED) is 0.877.